The fourth-order valence-electron chi connectivity index (χ4n) is 2.02. The zero-order valence-electron chi connectivity index (χ0n) is 11.7. The van der Waals surface area contributed by atoms with Gasteiger partial charge in [-0.2, -0.15) is 0 Å². The molecule has 0 aliphatic rings. The van der Waals surface area contributed by atoms with Gasteiger partial charge in [0.2, 0.25) is 0 Å². The molecule has 0 saturated heterocycles. The van der Waals surface area contributed by atoms with E-state index in [1.54, 1.807) is 0 Å². The van der Waals surface area contributed by atoms with Crippen LogP contribution in [-0.2, 0) is 13.1 Å². The zero-order valence-corrected chi connectivity index (χ0v) is 11.7. The summed E-state index contributed by atoms with van der Waals surface area (Å²) in [6.45, 7) is 1.10. The summed E-state index contributed by atoms with van der Waals surface area (Å²) >= 11 is 0. The van der Waals surface area contributed by atoms with Crippen LogP contribution in [0.25, 0.3) is 0 Å². The first-order valence-electron chi connectivity index (χ1n) is 6.46. The molecular weight excluding hydrogens is 258 g/mol. The molecule has 0 amide bonds. The Morgan fingerprint density at radius 3 is 2.60 bits per heavy atom. The van der Waals surface area contributed by atoms with E-state index in [2.05, 4.69) is 10.2 Å². The minimum atomic E-state index is -0.426. The van der Waals surface area contributed by atoms with Crippen LogP contribution in [0.15, 0.2) is 42.5 Å². The van der Waals surface area contributed by atoms with Gasteiger partial charge in [-0.25, -0.2) is 8.78 Å². The van der Waals surface area contributed by atoms with E-state index in [1.807, 2.05) is 38.4 Å². The number of nitrogens with one attached hydrogen (secondary N) is 1. The molecule has 0 heterocycles. The van der Waals surface area contributed by atoms with Crippen LogP contribution in [-0.4, -0.2) is 19.0 Å². The van der Waals surface area contributed by atoms with Gasteiger partial charge in [-0.15, -0.1) is 0 Å². The Morgan fingerprint density at radius 1 is 1.05 bits per heavy atom. The van der Waals surface area contributed by atoms with Crippen molar-refractivity contribution < 1.29 is 8.78 Å². The van der Waals surface area contributed by atoms with Crippen molar-refractivity contribution in [3.05, 3.63) is 65.2 Å². The maximum atomic E-state index is 13.5. The Kier molecular flexibility index (Phi) is 4.69. The molecule has 0 atom stereocenters. The molecule has 0 aliphatic heterocycles. The van der Waals surface area contributed by atoms with Crippen LogP contribution < -0.4 is 5.32 Å². The lowest BCUT2D eigenvalue weighted by molar-refractivity contribution is 0.402. The highest BCUT2D eigenvalue weighted by Gasteiger charge is 2.04. The van der Waals surface area contributed by atoms with E-state index in [9.17, 15) is 8.78 Å². The summed E-state index contributed by atoms with van der Waals surface area (Å²) in [6, 6.07) is 11.4. The maximum Gasteiger partial charge on any atom is 0.128 e. The third-order valence-electron chi connectivity index (χ3n) is 2.92. The largest absolute Gasteiger partial charge is 0.381 e. The lowest BCUT2D eigenvalue weighted by atomic mass is 10.1. The van der Waals surface area contributed by atoms with E-state index in [-0.39, 0.29) is 6.54 Å². The van der Waals surface area contributed by atoms with Crippen molar-refractivity contribution in [2.75, 3.05) is 19.4 Å². The van der Waals surface area contributed by atoms with Crippen molar-refractivity contribution in [3.8, 4) is 0 Å². The molecule has 2 nitrogen and oxygen atoms in total. The number of halogens is 2. The first-order chi connectivity index (χ1) is 9.54. The van der Waals surface area contributed by atoms with Gasteiger partial charge in [-0.3, -0.25) is 0 Å². The van der Waals surface area contributed by atoms with Crippen molar-refractivity contribution >= 4 is 5.69 Å². The Labute approximate surface area is 118 Å². The third-order valence-corrected chi connectivity index (χ3v) is 2.92. The zero-order chi connectivity index (χ0) is 14.5. The molecule has 4 heteroatoms. The van der Waals surface area contributed by atoms with Gasteiger partial charge in [0.1, 0.15) is 11.6 Å². The minimum Gasteiger partial charge on any atom is -0.381 e. The number of rotatable bonds is 5. The van der Waals surface area contributed by atoms with Crippen molar-refractivity contribution in [3.63, 3.8) is 0 Å². The number of anilines is 1. The molecule has 106 valence electrons. The quantitative estimate of drug-likeness (QED) is 0.897. The predicted molar refractivity (Wildman–Crippen MR) is 77.5 cm³/mol. The van der Waals surface area contributed by atoms with Gasteiger partial charge in [0.25, 0.3) is 0 Å². The van der Waals surface area contributed by atoms with Crippen molar-refractivity contribution in [1.82, 2.24) is 4.90 Å². The summed E-state index contributed by atoms with van der Waals surface area (Å²) < 4.78 is 26.6. The van der Waals surface area contributed by atoms with Crippen LogP contribution in [0, 0.1) is 11.6 Å². The molecule has 0 aliphatic carbocycles. The summed E-state index contributed by atoms with van der Waals surface area (Å²) in [4.78, 5) is 2.07. The van der Waals surface area contributed by atoms with Gasteiger partial charge in [-0.05, 0) is 50.0 Å². The van der Waals surface area contributed by atoms with Crippen molar-refractivity contribution in [2.24, 2.45) is 0 Å². The molecule has 0 bridgehead atoms. The summed E-state index contributed by atoms with van der Waals surface area (Å²) in [5, 5.41) is 3.12. The monoisotopic (exact) mass is 276 g/mol. The number of benzene rings is 2. The Hall–Kier alpha value is -1.94. The molecule has 0 fully saturated rings. The van der Waals surface area contributed by atoms with Crippen LogP contribution in [0.5, 0.6) is 0 Å². The fraction of sp³-hybridized carbons (Fsp3) is 0.250. The van der Waals surface area contributed by atoms with Gasteiger partial charge in [0.15, 0.2) is 0 Å². The molecule has 0 radical (unpaired) electrons. The molecule has 0 aromatic heterocycles. The van der Waals surface area contributed by atoms with Gasteiger partial charge < -0.3 is 10.2 Å². The average molecular weight is 276 g/mol. The SMILES string of the molecule is CN(C)Cc1cccc(NCc2cc(F)ccc2F)c1. The maximum absolute atomic E-state index is 13.5. The molecule has 2 aromatic carbocycles. The van der Waals surface area contributed by atoms with E-state index in [1.165, 1.54) is 11.6 Å². The molecule has 0 unspecified atom stereocenters. The predicted octanol–water partition coefficient (Wildman–Crippen LogP) is 3.64. The normalized spacial score (nSPS) is 10.8. The molecule has 20 heavy (non-hydrogen) atoms. The van der Waals surface area contributed by atoms with E-state index in [4.69, 9.17) is 0 Å². The third kappa shape index (κ3) is 4.03. The lowest BCUT2D eigenvalue weighted by Crippen LogP contribution is -2.11. The second kappa shape index (κ2) is 6.48. The summed E-state index contributed by atoms with van der Waals surface area (Å²) in [5.74, 6) is -0.826. The second-order valence-electron chi connectivity index (χ2n) is 5.03. The first-order valence-corrected chi connectivity index (χ1v) is 6.46. The summed E-state index contributed by atoms with van der Waals surface area (Å²) in [6.07, 6.45) is 0. The molecule has 0 saturated carbocycles. The molecule has 2 aromatic rings. The van der Waals surface area contributed by atoms with E-state index in [0.717, 1.165) is 24.4 Å². The number of nitrogens with zero attached hydrogens (tertiary/aromatic N) is 1. The highest BCUT2D eigenvalue weighted by atomic mass is 19.1. The minimum absolute atomic E-state index is 0.259. The number of hydrogen-bond donors (Lipinski definition) is 1. The molecule has 2 rings (SSSR count). The van der Waals surface area contributed by atoms with E-state index >= 15 is 0 Å². The van der Waals surface area contributed by atoms with Gasteiger partial charge >= 0.3 is 0 Å². The van der Waals surface area contributed by atoms with Gasteiger partial charge in [0.05, 0.1) is 0 Å². The van der Waals surface area contributed by atoms with Crippen LogP contribution in [0.2, 0.25) is 0 Å². The van der Waals surface area contributed by atoms with Crippen LogP contribution in [0.4, 0.5) is 14.5 Å². The number of hydrogen-bond acceptors (Lipinski definition) is 2. The van der Waals surface area contributed by atoms with Crippen molar-refractivity contribution in [1.29, 1.82) is 0 Å². The molecular formula is C16H18F2N2. The smallest absolute Gasteiger partial charge is 0.128 e. The Morgan fingerprint density at radius 2 is 1.85 bits per heavy atom. The van der Waals surface area contributed by atoms with Gasteiger partial charge in [0, 0.05) is 24.3 Å². The first kappa shape index (κ1) is 14.5. The van der Waals surface area contributed by atoms with Crippen molar-refractivity contribution in [2.45, 2.75) is 13.1 Å². The second-order valence-corrected chi connectivity index (χ2v) is 5.03. The van der Waals surface area contributed by atoms with Crippen LogP contribution in [0.1, 0.15) is 11.1 Å². The van der Waals surface area contributed by atoms with E-state index < -0.39 is 11.6 Å². The summed E-state index contributed by atoms with van der Waals surface area (Å²) in [5.41, 5.74) is 2.38. The van der Waals surface area contributed by atoms with Crippen LogP contribution >= 0.6 is 0 Å². The van der Waals surface area contributed by atoms with E-state index in [0.29, 0.717) is 5.56 Å². The highest BCUT2D eigenvalue weighted by Crippen LogP contribution is 2.15. The lowest BCUT2D eigenvalue weighted by Gasteiger charge is -2.12. The fourth-order valence-corrected chi connectivity index (χ4v) is 2.02. The summed E-state index contributed by atoms with van der Waals surface area (Å²) in [7, 11) is 4.00. The highest BCUT2D eigenvalue weighted by molar-refractivity contribution is 5.46. The topological polar surface area (TPSA) is 15.3 Å². The molecule has 1 N–H and O–H groups in total. The molecule has 0 spiro atoms. The Balaban J connectivity index is 2.05. The van der Waals surface area contributed by atoms with Crippen LogP contribution in [0.3, 0.4) is 0 Å². The average Bonchev–Trinajstić information content (AvgIpc) is 2.39. The standard InChI is InChI=1S/C16H18F2N2/c1-20(2)11-12-4-3-5-15(8-12)19-10-13-9-14(17)6-7-16(13)18/h3-9,19H,10-11H2,1-2H3. The van der Waals surface area contributed by atoms with Gasteiger partial charge in [-0.1, -0.05) is 12.1 Å². The Bertz CT molecular complexity index is 582.